The van der Waals surface area contributed by atoms with E-state index < -0.39 is 28.6 Å². The van der Waals surface area contributed by atoms with Gasteiger partial charge in [-0.25, -0.2) is 14.6 Å². The topological polar surface area (TPSA) is 136 Å². The molecule has 3 aromatic rings. The quantitative estimate of drug-likeness (QED) is 0.257. The summed E-state index contributed by atoms with van der Waals surface area (Å²) in [6.07, 6.45) is -0.399. The third-order valence-corrected chi connectivity index (χ3v) is 5.11. The van der Waals surface area contributed by atoms with E-state index in [0.29, 0.717) is 22.6 Å². The van der Waals surface area contributed by atoms with Gasteiger partial charge in [0.1, 0.15) is 22.3 Å². The van der Waals surface area contributed by atoms with Gasteiger partial charge in [-0.15, -0.1) is 0 Å². The van der Waals surface area contributed by atoms with Crippen LogP contribution in [0.25, 0.3) is 11.3 Å². The molecule has 1 amide bonds. The smallest absolute Gasteiger partial charge is 0.408 e. The van der Waals surface area contributed by atoms with E-state index in [-0.39, 0.29) is 17.3 Å². The summed E-state index contributed by atoms with van der Waals surface area (Å²) in [5.74, 6) is -0.136. The van der Waals surface area contributed by atoms with Crippen LogP contribution in [0.2, 0.25) is 5.15 Å². The summed E-state index contributed by atoms with van der Waals surface area (Å²) in [5, 5.41) is 13.9. The van der Waals surface area contributed by atoms with Crippen molar-refractivity contribution in [1.29, 1.82) is 0 Å². The van der Waals surface area contributed by atoms with E-state index in [2.05, 4.69) is 15.3 Å². The van der Waals surface area contributed by atoms with Gasteiger partial charge < -0.3 is 19.8 Å². The van der Waals surface area contributed by atoms with Gasteiger partial charge in [-0.05, 0) is 50.6 Å². The highest BCUT2D eigenvalue weighted by Gasteiger charge is 2.25. The van der Waals surface area contributed by atoms with E-state index in [9.17, 15) is 19.7 Å². The van der Waals surface area contributed by atoms with Crippen LogP contribution in [0.1, 0.15) is 48.6 Å². The standard InChI is InChI=1S/C24H25ClN4O6/c1-24(2,3)35-23(31)26-18(13-14-6-5-7-16(12-14)22(30)34-4)21-27-19(20(25)28-21)15-8-10-17(11-9-15)29(32)33/h5-12,18H,13H2,1-4H3,(H,26,31)(H,27,28). The first-order valence-electron chi connectivity index (χ1n) is 10.6. The van der Waals surface area contributed by atoms with Crippen molar-refractivity contribution in [3.05, 3.63) is 80.7 Å². The number of esters is 1. The molecule has 2 N–H and O–H groups in total. The predicted molar refractivity (Wildman–Crippen MR) is 129 cm³/mol. The van der Waals surface area contributed by atoms with E-state index in [0.717, 1.165) is 5.56 Å². The van der Waals surface area contributed by atoms with Crippen LogP contribution in [0.15, 0.2) is 48.5 Å². The molecule has 11 heteroatoms. The summed E-state index contributed by atoms with van der Waals surface area (Å²) >= 11 is 6.40. The number of amides is 1. The molecule has 184 valence electrons. The van der Waals surface area contributed by atoms with E-state index in [1.165, 1.54) is 19.2 Å². The molecule has 1 aromatic heterocycles. The van der Waals surface area contributed by atoms with Gasteiger partial charge in [0.15, 0.2) is 0 Å². The second-order valence-corrected chi connectivity index (χ2v) is 9.06. The summed E-state index contributed by atoms with van der Waals surface area (Å²) in [6, 6.07) is 11.9. The number of rotatable bonds is 7. The fraction of sp³-hybridized carbons (Fsp3) is 0.292. The molecule has 35 heavy (non-hydrogen) atoms. The van der Waals surface area contributed by atoms with Crippen LogP contribution in [0, 0.1) is 10.1 Å². The Morgan fingerprint density at radius 2 is 1.89 bits per heavy atom. The summed E-state index contributed by atoms with van der Waals surface area (Å²) in [5.41, 5.74) is 1.26. The number of ether oxygens (including phenoxy) is 2. The molecule has 0 bridgehead atoms. The second-order valence-electron chi connectivity index (χ2n) is 8.68. The minimum atomic E-state index is -0.718. The first kappa shape index (κ1) is 25.7. The third kappa shape index (κ3) is 6.80. The number of nitrogens with one attached hydrogen (secondary N) is 2. The number of nitro groups is 1. The lowest BCUT2D eigenvalue weighted by Gasteiger charge is -2.23. The second kappa shape index (κ2) is 10.6. The summed E-state index contributed by atoms with van der Waals surface area (Å²) < 4.78 is 10.2. The number of non-ortho nitro benzene ring substituents is 1. The fourth-order valence-electron chi connectivity index (χ4n) is 3.31. The lowest BCUT2D eigenvalue weighted by Crippen LogP contribution is -2.36. The summed E-state index contributed by atoms with van der Waals surface area (Å²) in [6.45, 7) is 5.24. The maximum absolute atomic E-state index is 12.6. The largest absolute Gasteiger partial charge is 0.465 e. The van der Waals surface area contributed by atoms with Crippen LogP contribution >= 0.6 is 11.6 Å². The molecule has 0 aliphatic rings. The van der Waals surface area contributed by atoms with Gasteiger partial charge in [-0.3, -0.25) is 10.1 Å². The number of hydrogen-bond acceptors (Lipinski definition) is 7. The molecule has 0 radical (unpaired) electrons. The molecule has 1 unspecified atom stereocenters. The highest BCUT2D eigenvalue weighted by molar-refractivity contribution is 6.31. The Kier molecular flexibility index (Phi) is 7.75. The zero-order valence-corrected chi connectivity index (χ0v) is 20.4. The molecule has 3 rings (SSSR count). The Morgan fingerprint density at radius 3 is 2.49 bits per heavy atom. The number of nitrogens with zero attached hydrogens (tertiary/aromatic N) is 2. The number of imidazole rings is 1. The number of carbonyl (C=O) groups is 2. The molecular formula is C24H25ClN4O6. The van der Waals surface area contributed by atoms with Crippen molar-refractivity contribution < 1.29 is 24.0 Å². The molecule has 0 aliphatic carbocycles. The van der Waals surface area contributed by atoms with Crippen LogP contribution in [0.5, 0.6) is 0 Å². The van der Waals surface area contributed by atoms with Crippen LogP contribution in [0.3, 0.4) is 0 Å². The molecular weight excluding hydrogens is 476 g/mol. The van der Waals surface area contributed by atoms with Gasteiger partial charge in [-0.2, -0.15) is 0 Å². The maximum Gasteiger partial charge on any atom is 0.408 e. The minimum absolute atomic E-state index is 0.0596. The molecule has 0 spiro atoms. The molecule has 0 fully saturated rings. The molecule has 0 saturated heterocycles. The highest BCUT2D eigenvalue weighted by atomic mass is 35.5. The van der Waals surface area contributed by atoms with Gasteiger partial charge in [-0.1, -0.05) is 23.7 Å². The lowest BCUT2D eigenvalue weighted by molar-refractivity contribution is -0.384. The Labute approximate surface area is 206 Å². The zero-order chi connectivity index (χ0) is 25.8. The van der Waals surface area contributed by atoms with Crippen LogP contribution in [0.4, 0.5) is 10.5 Å². The number of benzene rings is 2. The van der Waals surface area contributed by atoms with Crippen LogP contribution in [-0.4, -0.2) is 39.7 Å². The Balaban J connectivity index is 1.94. The Morgan fingerprint density at radius 1 is 1.20 bits per heavy atom. The molecule has 0 saturated carbocycles. The van der Waals surface area contributed by atoms with Gasteiger partial charge in [0, 0.05) is 24.1 Å². The highest BCUT2D eigenvalue weighted by Crippen LogP contribution is 2.30. The predicted octanol–water partition coefficient (Wildman–Crippen LogP) is 5.23. The van der Waals surface area contributed by atoms with Crippen LogP contribution < -0.4 is 5.32 Å². The average Bonchev–Trinajstić information content (AvgIpc) is 3.18. The van der Waals surface area contributed by atoms with Gasteiger partial charge in [0.25, 0.3) is 5.69 Å². The van der Waals surface area contributed by atoms with Gasteiger partial charge in [0.2, 0.25) is 0 Å². The summed E-state index contributed by atoms with van der Waals surface area (Å²) in [7, 11) is 1.30. The number of aromatic nitrogens is 2. The fourth-order valence-corrected chi connectivity index (χ4v) is 3.56. The number of hydrogen-bond donors (Lipinski definition) is 2. The van der Waals surface area contributed by atoms with E-state index >= 15 is 0 Å². The van der Waals surface area contributed by atoms with Crippen molar-refractivity contribution in [2.24, 2.45) is 0 Å². The van der Waals surface area contributed by atoms with Crippen molar-refractivity contribution in [2.75, 3.05) is 7.11 Å². The van der Waals surface area contributed by atoms with Crippen molar-refractivity contribution in [3.63, 3.8) is 0 Å². The Hall–Kier alpha value is -3.92. The van der Waals surface area contributed by atoms with Crippen molar-refractivity contribution in [3.8, 4) is 11.3 Å². The SMILES string of the molecule is COC(=O)c1cccc(CC(NC(=O)OC(C)(C)C)c2nc(-c3ccc([N+](=O)[O-])cc3)c(Cl)[nH]2)c1. The van der Waals surface area contributed by atoms with Crippen LogP contribution in [-0.2, 0) is 15.9 Å². The molecule has 0 aliphatic heterocycles. The number of halogens is 1. The number of carbonyl (C=O) groups excluding carboxylic acids is 2. The molecule has 1 atom stereocenters. The molecule has 1 heterocycles. The number of nitro benzene ring substituents is 1. The van der Waals surface area contributed by atoms with E-state index in [1.54, 1.807) is 57.2 Å². The lowest BCUT2D eigenvalue weighted by atomic mass is 10.0. The third-order valence-electron chi connectivity index (χ3n) is 4.84. The number of aromatic amines is 1. The molecule has 10 nitrogen and oxygen atoms in total. The molecule has 2 aromatic carbocycles. The van der Waals surface area contributed by atoms with Gasteiger partial charge in [0.05, 0.1) is 23.6 Å². The van der Waals surface area contributed by atoms with Crippen molar-refractivity contribution >= 4 is 29.4 Å². The number of methoxy groups -OCH3 is 1. The number of alkyl carbamates (subject to hydrolysis) is 1. The maximum atomic E-state index is 12.6. The van der Waals surface area contributed by atoms with E-state index in [1.807, 2.05) is 0 Å². The number of H-pyrrole nitrogens is 1. The normalized spacial score (nSPS) is 12.0. The Bertz CT molecular complexity index is 1230. The first-order chi connectivity index (χ1) is 16.5. The van der Waals surface area contributed by atoms with Crippen molar-refractivity contribution in [2.45, 2.75) is 38.8 Å². The first-order valence-corrected chi connectivity index (χ1v) is 11.0. The van der Waals surface area contributed by atoms with Crippen molar-refractivity contribution in [1.82, 2.24) is 15.3 Å². The van der Waals surface area contributed by atoms with E-state index in [4.69, 9.17) is 21.1 Å². The average molecular weight is 501 g/mol. The zero-order valence-electron chi connectivity index (χ0n) is 19.6. The summed E-state index contributed by atoms with van der Waals surface area (Å²) in [4.78, 5) is 42.5. The van der Waals surface area contributed by atoms with Gasteiger partial charge >= 0.3 is 12.1 Å². The monoisotopic (exact) mass is 500 g/mol. The minimum Gasteiger partial charge on any atom is -0.465 e.